The van der Waals surface area contributed by atoms with Gasteiger partial charge in [-0.05, 0) is 11.1 Å². The minimum absolute atomic E-state index is 0.184. The van der Waals surface area contributed by atoms with Gasteiger partial charge in [-0.2, -0.15) is 9.78 Å². The largest absolute Gasteiger partial charge is 0.299 e. The Hall–Kier alpha value is -3.24. The maximum atomic E-state index is 6.89. The van der Waals surface area contributed by atoms with Crippen molar-refractivity contribution in [2.75, 3.05) is 0 Å². The number of fused-ring (bicyclic) bond motifs is 4. The molecule has 3 atom stereocenters. The van der Waals surface area contributed by atoms with Crippen molar-refractivity contribution >= 4 is 0 Å². The van der Waals surface area contributed by atoms with Crippen LogP contribution in [0.4, 0.5) is 0 Å². The van der Waals surface area contributed by atoms with Crippen molar-refractivity contribution in [3.63, 3.8) is 0 Å². The van der Waals surface area contributed by atoms with Crippen LogP contribution in [-0.4, -0.2) is 0 Å². The van der Waals surface area contributed by atoms with E-state index in [4.69, 9.17) is 14.5 Å². The molecule has 4 aromatic carbocycles. The third-order valence-electron chi connectivity index (χ3n) is 6.05. The molecule has 4 aromatic rings. The third-order valence-corrected chi connectivity index (χ3v) is 6.05. The van der Waals surface area contributed by atoms with Crippen LogP contribution < -0.4 is 0 Å². The Labute approximate surface area is 175 Å². The van der Waals surface area contributed by atoms with Crippen LogP contribution in [0.2, 0.25) is 0 Å². The van der Waals surface area contributed by atoms with Gasteiger partial charge in [0.15, 0.2) is 0 Å². The molecule has 3 heteroatoms. The molecule has 6 rings (SSSR count). The van der Waals surface area contributed by atoms with Gasteiger partial charge in [0.25, 0.3) is 5.79 Å². The lowest BCUT2D eigenvalue weighted by molar-refractivity contribution is -0.349. The van der Waals surface area contributed by atoms with Crippen molar-refractivity contribution < 1.29 is 14.5 Å². The Bertz CT molecular complexity index is 1180. The van der Waals surface area contributed by atoms with Gasteiger partial charge >= 0.3 is 0 Å². The molecule has 0 N–H and O–H groups in total. The van der Waals surface area contributed by atoms with Crippen LogP contribution in [-0.2, 0) is 26.1 Å². The van der Waals surface area contributed by atoms with Gasteiger partial charge in [0.05, 0.1) is 5.92 Å². The minimum atomic E-state index is -1.13. The lowest BCUT2D eigenvalue weighted by Crippen LogP contribution is -2.44. The second-order valence-corrected chi connectivity index (χ2v) is 7.72. The molecule has 1 unspecified atom stereocenters. The Kier molecular flexibility index (Phi) is 3.90. The summed E-state index contributed by atoms with van der Waals surface area (Å²) < 4.78 is 6.89. The summed E-state index contributed by atoms with van der Waals surface area (Å²) in [5.41, 5.74) is 5.04. The maximum Gasteiger partial charge on any atom is 0.257 e. The van der Waals surface area contributed by atoms with E-state index in [1.165, 1.54) is 0 Å². The van der Waals surface area contributed by atoms with E-state index in [1.54, 1.807) is 0 Å². The van der Waals surface area contributed by atoms with E-state index in [9.17, 15) is 0 Å². The molecule has 0 aromatic heterocycles. The average Bonchev–Trinajstić information content (AvgIpc) is 3.19. The molecule has 0 radical (unpaired) electrons. The fraction of sp³-hybridized carbons (Fsp3) is 0.111. The lowest BCUT2D eigenvalue weighted by atomic mass is 9.74. The molecule has 2 aliphatic rings. The smallest absolute Gasteiger partial charge is 0.257 e. The summed E-state index contributed by atoms with van der Waals surface area (Å²) in [6.07, 6.45) is 0. The second kappa shape index (κ2) is 6.64. The van der Waals surface area contributed by atoms with Gasteiger partial charge in [-0.3, -0.25) is 4.74 Å². The Balaban J connectivity index is 1.67. The Morgan fingerprint density at radius 3 is 1.80 bits per heavy atom. The molecule has 0 aliphatic carbocycles. The predicted molar refractivity (Wildman–Crippen MR) is 113 cm³/mol. The van der Waals surface area contributed by atoms with Gasteiger partial charge in [-0.1, -0.05) is 115 Å². The second-order valence-electron chi connectivity index (χ2n) is 7.72. The summed E-state index contributed by atoms with van der Waals surface area (Å²) in [5.74, 6) is -2.41. The standard InChI is InChI=1S/C27H20O3/c1-4-12-20(13-5-1)25-23-18-10-11-19-24(23)26(21-14-6-2-7-15-21)28-27(25,30-29-26)22-16-8-3-9-17-22/h1-19,25H/t25?,26-,27+/m1/s1. The van der Waals surface area contributed by atoms with E-state index in [2.05, 4.69) is 30.3 Å². The van der Waals surface area contributed by atoms with Crippen molar-refractivity contribution in [1.29, 1.82) is 0 Å². The monoisotopic (exact) mass is 392 g/mol. The molecule has 0 spiro atoms. The first-order chi connectivity index (χ1) is 14.8. The van der Waals surface area contributed by atoms with Crippen molar-refractivity contribution in [1.82, 2.24) is 0 Å². The van der Waals surface area contributed by atoms with Crippen LogP contribution in [0, 0.1) is 0 Å². The van der Waals surface area contributed by atoms with E-state index < -0.39 is 11.6 Å². The number of hydrogen-bond donors (Lipinski definition) is 0. The predicted octanol–water partition coefficient (Wildman–Crippen LogP) is 5.86. The van der Waals surface area contributed by atoms with Crippen LogP contribution in [0.25, 0.3) is 0 Å². The Morgan fingerprint density at radius 2 is 1.10 bits per heavy atom. The first kappa shape index (κ1) is 17.6. The molecule has 2 aliphatic heterocycles. The molecule has 0 saturated carbocycles. The van der Waals surface area contributed by atoms with Crippen molar-refractivity contribution in [2.45, 2.75) is 17.5 Å². The normalized spacial score (nSPS) is 26.9. The van der Waals surface area contributed by atoms with E-state index >= 15 is 0 Å². The van der Waals surface area contributed by atoms with Crippen LogP contribution in [0.5, 0.6) is 0 Å². The lowest BCUT2D eigenvalue weighted by Gasteiger charge is -2.42. The highest BCUT2D eigenvalue weighted by Gasteiger charge is 2.65. The summed E-state index contributed by atoms with van der Waals surface area (Å²) in [4.78, 5) is 12.4. The molecule has 0 amide bonds. The summed E-state index contributed by atoms with van der Waals surface area (Å²) in [6, 6.07) is 38.7. The van der Waals surface area contributed by atoms with Crippen LogP contribution in [0.1, 0.15) is 33.7 Å². The molecule has 30 heavy (non-hydrogen) atoms. The van der Waals surface area contributed by atoms with Gasteiger partial charge in [-0.15, -0.1) is 0 Å². The number of benzene rings is 4. The number of hydrogen-bond acceptors (Lipinski definition) is 3. The zero-order chi connectivity index (χ0) is 20.0. The molecule has 146 valence electrons. The summed E-state index contributed by atoms with van der Waals surface area (Å²) in [5, 5.41) is 0. The highest BCUT2D eigenvalue weighted by Crippen LogP contribution is 2.62. The molecule has 2 heterocycles. The molecule has 3 nitrogen and oxygen atoms in total. The highest BCUT2D eigenvalue weighted by molar-refractivity contribution is 5.51. The van der Waals surface area contributed by atoms with Gasteiger partial charge in [0.2, 0.25) is 5.79 Å². The van der Waals surface area contributed by atoms with Crippen LogP contribution in [0.3, 0.4) is 0 Å². The van der Waals surface area contributed by atoms with Crippen LogP contribution in [0.15, 0.2) is 115 Å². The molecular formula is C27H20O3. The third kappa shape index (κ3) is 2.37. The number of rotatable bonds is 3. The number of ether oxygens (including phenoxy) is 1. The SMILES string of the molecule is c1ccc(C2c3ccccc3[C@@]3(c4ccccc4)OO[C@]2(c2ccccc2)O3)cc1. The first-order valence-electron chi connectivity index (χ1n) is 10.2. The summed E-state index contributed by atoms with van der Waals surface area (Å²) in [6.45, 7) is 0. The van der Waals surface area contributed by atoms with Gasteiger partial charge in [-0.25, -0.2) is 0 Å². The van der Waals surface area contributed by atoms with E-state index in [-0.39, 0.29) is 5.92 Å². The van der Waals surface area contributed by atoms with Crippen molar-refractivity contribution in [2.24, 2.45) is 0 Å². The molecule has 1 fully saturated rings. The quantitative estimate of drug-likeness (QED) is 0.409. The summed E-state index contributed by atoms with van der Waals surface area (Å²) in [7, 11) is 0. The van der Waals surface area contributed by atoms with Crippen LogP contribution >= 0.6 is 0 Å². The zero-order valence-corrected chi connectivity index (χ0v) is 16.3. The van der Waals surface area contributed by atoms with Gasteiger partial charge in [0, 0.05) is 16.7 Å². The van der Waals surface area contributed by atoms with Crippen molar-refractivity contribution in [3.8, 4) is 0 Å². The van der Waals surface area contributed by atoms with Gasteiger partial charge < -0.3 is 0 Å². The minimum Gasteiger partial charge on any atom is -0.299 e. The summed E-state index contributed by atoms with van der Waals surface area (Å²) >= 11 is 0. The molecular weight excluding hydrogens is 372 g/mol. The van der Waals surface area contributed by atoms with Crippen molar-refractivity contribution in [3.05, 3.63) is 143 Å². The van der Waals surface area contributed by atoms with E-state index in [1.807, 2.05) is 84.9 Å². The molecule has 2 bridgehead atoms. The maximum absolute atomic E-state index is 6.89. The first-order valence-corrected chi connectivity index (χ1v) is 10.2. The van der Waals surface area contributed by atoms with E-state index in [0.717, 1.165) is 27.8 Å². The van der Waals surface area contributed by atoms with E-state index in [0.29, 0.717) is 0 Å². The fourth-order valence-electron chi connectivity index (χ4n) is 4.74. The topological polar surface area (TPSA) is 27.7 Å². The highest BCUT2D eigenvalue weighted by atomic mass is 17.3. The fourth-order valence-corrected chi connectivity index (χ4v) is 4.74. The van der Waals surface area contributed by atoms with Gasteiger partial charge in [0.1, 0.15) is 0 Å². The Morgan fingerprint density at radius 1 is 0.533 bits per heavy atom. The molecule has 1 saturated heterocycles. The average molecular weight is 392 g/mol. The zero-order valence-electron chi connectivity index (χ0n) is 16.3.